The van der Waals surface area contributed by atoms with Crippen molar-refractivity contribution in [2.24, 2.45) is 17.6 Å². The fraction of sp³-hybridized carbons (Fsp3) is 0.444. The minimum Gasteiger partial charge on any atom is -0.481 e. The van der Waals surface area contributed by atoms with Gasteiger partial charge in [0.1, 0.15) is 0 Å². The van der Waals surface area contributed by atoms with Gasteiger partial charge in [-0.1, -0.05) is 36.4 Å². The van der Waals surface area contributed by atoms with E-state index < -0.39 is 11.9 Å². The third-order valence-corrected chi connectivity index (χ3v) is 7.08. The minimum atomic E-state index is -0.971. The van der Waals surface area contributed by atoms with Crippen LogP contribution >= 0.6 is 0 Å². The van der Waals surface area contributed by atoms with Gasteiger partial charge in [0.15, 0.2) is 0 Å². The highest BCUT2D eigenvalue weighted by Gasteiger charge is 2.40. The van der Waals surface area contributed by atoms with Gasteiger partial charge in [0.05, 0.1) is 12.3 Å². The van der Waals surface area contributed by atoms with E-state index in [2.05, 4.69) is 17.4 Å². The topological polar surface area (TPSA) is 144 Å². The van der Waals surface area contributed by atoms with Crippen molar-refractivity contribution in [3.05, 3.63) is 70.8 Å². The zero-order chi connectivity index (χ0) is 24.1. The second-order valence-corrected chi connectivity index (χ2v) is 9.51. The van der Waals surface area contributed by atoms with Crippen molar-refractivity contribution >= 4 is 17.8 Å². The fourth-order valence-corrected chi connectivity index (χ4v) is 5.27. The maximum absolute atomic E-state index is 12.9. The number of nitrogens with two attached hydrogens (primary N) is 1. The number of carboxylic acid groups (broad SMARTS) is 1. The molecule has 0 aromatic heterocycles. The van der Waals surface area contributed by atoms with E-state index in [1.165, 1.54) is 16.7 Å². The van der Waals surface area contributed by atoms with Crippen LogP contribution < -0.4 is 11.1 Å². The van der Waals surface area contributed by atoms with Crippen LogP contribution in [0.1, 0.15) is 46.3 Å². The zero-order valence-corrected chi connectivity index (χ0v) is 19.9. The number of benzene rings is 2. The van der Waals surface area contributed by atoms with Crippen molar-refractivity contribution in [2.75, 3.05) is 19.6 Å². The lowest BCUT2D eigenvalue weighted by molar-refractivity contribution is -0.142. The van der Waals surface area contributed by atoms with Crippen LogP contribution in [0.15, 0.2) is 48.5 Å². The van der Waals surface area contributed by atoms with Gasteiger partial charge in [-0.3, -0.25) is 14.4 Å². The molecule has 0 spiro atoms. The number of amides is 2. The Labute approximate surface area is 205 Å². The molecule has 0 radical (unpaired) electrons. The summed E-state index contributed by atoms with van der Waals surface area (Å²) >= 11 is 0. The number of carboxylic acids is 1. The molecule has 2 amide bonds. The van der Waals surface area contributed by atoms with Crippen LogP contribution in [-0.4, -0.2) is 58.9 Å². The molecule has 35 heavy (non-hydrogen) atoms. The van der Waals surface area contributed by atoms with E-state index in [0.717, 1.165) is 25.7 Å². The highest BCUT2D eigenvalue weighted by Crippen LogP contribution is 2.29. The molecule has 6 N–H and O–H groups in total. The van der Waals surface area contributed by atoms with E-state index >= 15 is 0 Å². The predicted octanol–water partition coefficient (Wildman–Crippen LogP) is 1.59. The molecule has 8 heteroatoms. The minimum absolute atomic E-state index is 0. The standard InChI is InChI=1S/C27H33N3O4.H2O/c28-16-19-11-20-8-9-21(13-22(20)12-19)26(33)29-17-24-14-23(15-25(31)32)27(34)30(24)10-4-7-18-5-2-1-3-6-18;/h1-3,5-6,8-9,13,19,23-24H,4,7,10-12,14-17,28H2,(H,29,33)(H,31,32);1H2/t19?,23-,24-;/m0./s1. The molecule has 2 aliphatic rings. The summed E-state index contributed by atoms with van der Waals surface area (Å²) in [7, 11) is 0. The molecule has 1 aliphatic carbocycles. The summed E-state index contributed by atoms with van der Waals surface area (Å²) in [6.07, 6.45) is 3.75. The van der Waals surface area contributed by atoms with Crippen LogP contribution in [0.2, 0.25) is 0 Å². The number of rotatable bonds is 10. The number of aryl methyl sites for hydroxylation is 1. The molecule has 0 bridgehead atoms. The summed E-state index contributed by atoms with van der Waals surface area (Å²) in [5.41, 5.74) is 10.1. The zero-order valence-electron chi connectivity index (χ0n) is 19.9. The fourth-order valence-electron chi connectivity index (χ4n) is 5.27. The van der Waals surface area contributed by atoms with Gasteiger partial charge in [0.2, 0.25) is 5.91 Å². The molecule has 1 aliphatic heterocycles. The molecule has 8 nitrogen and oxygen atoms in total. The third kappa shape index (κ3) is 6.46. The lowest BCUT2D eigenvalue weighted by atomic mass is 10.0. The van der Waals surface area contributed by atoms with Gasteiger partial charge in [-0.05, 0) is 73.4 Å². The smallest absolute Gasteiger partial charge is 0.304 e. The normalized spacial score (nSPS) is 20.9. The van der Waals surface area contributed by atoms with Crippen LogP contribution in [0.25, 0.3) is 0 Å². The number of aliphatic carboxylic acids is 1. The molecule has 2 aromatic rings. The summed E-state index contributed by atoms with van der Waals surface area (Å²) in [5, 5.41) is 12.2. The van der Waals surface area contributed by atoms with Crippen molar-refractivity contribution in [2.45, 2.75) is 44.6 Å². The second kappa shape index (κ2) is 12.0. The Bertz CT molecular complexity index is 1040. The second-order valence-electron chi connectivity index (χ2n) is 9.51. The Kier molecular flexibility index (Phi) is 9.01. The molecule has 1 heterocycles. The van der Waals surface area contributed by atoms with E-state index in [4.69, 9.17) is 5.73 Å². The van der Waals surface area contributed by atoms with Crippen molar-refractivity contribution in [3.63, 3.8) is 0 Å². The van der Waals surface area contributed by atoms with E-state index in [-0.39, 0.29) is 29.8 Å². The number of nitrogens with one attached hydrogen (secondary N) is 1. The highest BCUT2D eigenvalue weighted by molar-refractivity contribution is 5.94. The third-order valence-electron chi connectivity index (χ3n) is 7.08. The lowest BCUT2D eigenvalue weighted by Gasteiger charge is -2.25. The largest absolute Gasteiger partial charge is 0.481 e. The molecule has 1 fully saturated rings. The van der Waals surface area contributed by atoms with Crippen LogP contribution in [-0.2, 0) is 28.9 Å². The first-order chi connectivity index (χ1) is 16.4. The Morgan fingerprint density at radius 2 is 1.83 bits per heavy atom. The van der Waals surface area contributed by atoms with Crippen LogP contribution in [0.5, 0.6) is 0 Å². The van der Waals surface area contributed by atoms with Crippen molar-refractivity contribution in [1.29, 1.82) is 0 Å². The Morgan fingerprint density at radius 3 is 2.54 bits per heavy atom. The van der Waals surface area contributed by atoms with Gasteiger partial charge in [0, 0.05) is 24.7 Å². The number of hydrogen-bond donors (Lipinski definition) is 3. The molecule has 4 rings (SSSR count). The number of nitrogens with zero attached hydrogens (tertiary/aromatic N) is 1. The average molecular weight is 482 g/mol. The van der Waals surface area contributed by atoms with E-state index in [9.17, 15) is 19.5 Å². The number of hydrogen-bond acceptors (Lipinski definition) is 4. The average Bonchev–Trinajstić information content (AvgIpc) is 3.38. The van der Waals surface area contributed by atoms with E-state index in [1.807, 2.05) is 36.4 Å². The summed E-state index contributed by atoms with van der Waals surface area (Å²) in [6, 6.07) is 15.7. The molecule has 2 aromatic carbocycles. The van der Waals surface area contributed by atoms with E-state index in [0.29, 0.717) is 37.5 Å². The summed E-state index contributed by atoms with van der Waals surface area (Å²) in [4.78, 5) is 38.8. The SMILES string of the molecule is NCC1Cc2ccc(C(=O)NC[C@@H]3C[C@@H](CC(=O)O)C(=O)N3CCCc3ccccc3)cc2C1.O. The lowest BCUT2D eigenvalue weighted by Crippen LogP contribution is -2.42. The number of fused-ring (bicyclic) bond motifs is 1. The number of likely N-dealkylation sites (tertiary alicyclic amines) is 1. The summed E-state index contributed by atoms with van der Waals surface area (Å²) in [6.45, 7) is 1.50. The number of carbonyl (C=O) groups is 3. The summed E-state index contributed by atoms with van der Waals surface area (Å²) in [5.74, 6) is -1.36. The maximum atomic E-state index is 12.9. The monoisotopic (exact) mass is 481 g/mol. The van der Waals surface area contributed by atoms with Gasteiger partial charge in [0.25, 0.3) is 5.91 Å². The molecule has 188 valence electrons. The first kappa shape index (κ1) is 26.4. The van der Waals surface area contributed by atoms with Crippen molar-refractivity contribution in [1.82, 2.24) is 10.2 Å². The molecule has 1 unspecified atom stereocenters. The van der Waals surface area contributed by atoms with E-state index in [1.54, 1.807) is 4.90 Å². The quantitative estimate of drug-likeness (QED) is 0.472. The number of carbonyl (C=O) groups excluding carboxylic acids is 2. The van der Waals surface area contributed by atoms with Gasteiger partial charge >= 0.3 is 5.97 Å². The molecular formula is C27H35N3O5. The molecule has 3 atom stereocenters. The van der Waals surface area contributed by atoms with Gasteiger partial charge < -0.3 is 26.5 Å². The Hall–Kier alpha value is -3.23. The first-order valence-corrected chi connectivity index (χ1v) is 12.1. The van der Waals surface area contributed by atoms with Crippen LogP contribution in [0.4, 0.5) is 0 Å². The van der Waals surface area contributed by atoms with Gasteiger partial charge in [-0.15, -0.1) is 0 Å². The molecular weight excluding hydrogens is 446 g/mol. The maximum Gasteiger partial charge on any atom is 0.304 e. The highest BCUT2D eigenvalue weighted by atomic mass is 16.4. The van der Waals surface area contributed by atoms with Gasteiger partial charge in [-0.25, -0.2) is 0 Å². The van der Waals surface area contributed by atoms with Crippen LogP contribution in [0, 0.1) is 11.8 Å². The molecule has 1 saturated heterocycles. The first-order valence-electron chi connectivity index (χ1n) is 12.1. The predicted molar refractivity (Wildman–Crippen MR) is 133 cm³/mol. The molecule has 0 saturated carbocycles. The Balaban J connectivity index is 0.00000342. The van der Waals surface area contributed by atoms with Crippen molar-refractivity contribution < 1.29 is 25.0 Å². The summed E-state index contributed by atoms with van der Waals surface area (Å²) < 4.78 is 0. The Morgan fingerprint density at radius 1 is 1.09 bits per heavy atom. The van der Waals surface area contributed by atoms with Crippen LogP contribution in [0.3, 0.4) is 0 Å². The van der Waals surface area contributed by atoms with Crippen molar-refractivity contribution in [3.8, 4) is 0 Å². The van der Waals surface area contributed by atoms with Gasteiger partial charge in [-0.2, -0.15) is 0 Å².